The van der Waals surface area contributed by atoms with Crippen molar-refractivity contribution in [1.82, 2.24) is 15.1 Å². The Morgan fingerprint density at radius 2 is 1.87 bits per heavy atom. The summed E-state index contributed by atoms with van der Waals surface area (Å²) in [4.78, 5) is 5.27. The number of hydrogen-bond acceptors (Lipinski definition) is 4. The first-order valence-corrected chi connectivity index (χ1v) is 9.23. The standard InChI is InChI=1S/C19H31N3O/c23-15-9-18-8-4-5-12-22(18)19(17-6-2-1-3-7-17)16-21-13-10-20-11-14-21/h1-3,6-7,18-20,23H,4-5,8-16H2. The number of rotatable bonds is 6. The summed E-state index contributed by atoms with van der Waals surface area (Å²) in [6.45, 7) is 7.05. The lowest BCUT2D eigenvalue weighted by Gasteiger charge is -2.43. The third-order valence-corrected chi connectivity index (χ3v) is 5.36. The van der Waals surface area contributed by atoms with Crippen molar-refractivity contribution in [2.24, 2.45) is 0 Å². The van der Waals surface area contributed by atoms with Crippen LogP contribution in [0.2, 0.25) is 0 Å². The predicted molar refractivity (Wildman–Crippen MR) is 94.5 cm³/mol. The van der Waals surface area contributed by atoms with Gasteiger partial charge >= 0.3 is 0 Å². The van der Waals surface area contributed by atoms with Gasteiger partial charge in [-0.15, -0.1) is 0 Å². The van der Waals surface area contributed by atoms with Crippen molar-refractivity contribution in [3.63, 3.8) is 0 Å². The Labute approximate surface area is 140 Å². The Morgan fingerprint density at radius 1 is 1.09 bits per heavy atom. The van der Waals surface area contributed by atoms with Gasteiger partial charge in [-0.2, -0.15) is 0 Å². The number of likely N-dealkylation sites (tertiary alicyclic amines) is 1. The lowest BCUT2D eigenvalue weighted by atomic mass is 9.94. The van der Waals surface area contributed by atoms with E-state index in [1.165, 1.54) is 24.8 Å². The van der Waals surface area contributed by atoms with E-state index < -0.39 is 0 Å². The molecule has 2 aliphatic rings. The van der Waals surface area contributed by atoms with Crippen LogP contribution in [0.1, 0.15) is 37.3 Å². The average Bonchev–Trinajstić information content (AvgIpc) is 2.62. The maximum atomic E-state index is 9.46. The van der Waals surface area contributed by atoms with E-state index in [2.05, 4.69) is 45.4 Å². The number of benzene rings is 1. The summed E-state index contributed by atoms with van der Waals surface area (Å²) in [6.07, 6.45) is 4.72. The Kier molecular flexibility index (Phi) is 6.46. The molecule has 2 aliphatic heterocycles. The Morgan fingerprint density at radius 3 is 2.61 bits per heavy atom. The van der Waals surface area contributed by atoms with E-state index >= 15 is 0 Å². The van der Waals surface area contributed by atoms with Crippen molar-refractivity contribution < 1.29 is 5.11 Å². The van der Waals surface area contributed by atoms with Crippen molar-refractivity contribution in [2.75, 3.05) is 45.9 Å². The fourth-order valence-corrected chi connectivity index (χ4v) is 4.11. The van der Waals surface area contributed by atoms with Crippen molar-refractivity contribution in [3.8, 4) is 0 Å². The molecule has 0 aromatic heterocycles. The topological polar surface area (TPSA) is 38.7 Å². The highest BCUT2D eigenvalue weighted by Gasteiger charge is 2.30. The monoisotopic (exact) mass is 317 g/mol. The Balaban J connectivity index is 1.78. The summed E-state index contributed by atoms with van der Waals surface area (Å²) >= 11 is 0. The van der Waals surface area contributed by atoms with Crippen molar-refractivity contribution in [3.05, 3.63) is 35.9 Å². The molecule has 0 amide bonds. The van der Waals surface area contributed by atoms with Gasteiger partial charge in [-0.3, -0.25) is 9.80 Å². The number of hydrogen-bond donors (Lipinski definition) is 2. The molecular weight excluding hydrogens is 286 g/mol. The van der Waals surface area contributed by atoms with Crippen LogP contribution in [-0.4, -0.2) is 66.8 Å². The molecule has 2 fully saturated rings. The summed E-state index contributed by atoms with van der Waals surface area (Å²) < 4.78 is 0. The second kappa shape index (κ2) is 8.78. The number of aliphatic hydroxyl groups excluding tert-OH is 1. The van der Waals surface area contributed by atoms with Crippen molar-refractivity contribution >= 4 is 0 Å². The van der Waals surface area contributed by atoms with Gasteiger partial charge in [-0.25, -0.2) is 0 Å². The van der Waals surface area contributed by atoms with E-state index in [1.54, 1.807) is 0 Å². The molecule has 1 aromatic carbocycles. The van der Waals surface area contributed by atoms with Crippen LogP contribution < -0.4 is 5.32 Å². The van der Waals surface area contributed by atoms with Gasteiger partial charge in [0.15, 0.2) is 0 Å². The molecule has 0 spiro atoms. The van der Waals surface area contributed by atoms with Crippen LogP contribution in [0.3, 0.4) is 0 Å². The molecule has 0 saturated carbocycles. The highest BCUT2D eigenvalue weighted by Crippen LogP contribution is 2.31. The minimum absolute atomic E-state index is 0.302. The van der Waals surface area contributed by atoms with E-state index in [0.29, 0.717) is 18.7 Å². The molecule has 1 aromatic rings. The van der Waals surface area contributed by atoms with E-state index in [0.717, 1.165) is 45.7 Å². The Hall–Kier alpha value is -0.940. The summed E-state index contributed by atoms with van der Waals surface area (Å²) in [5.41, 5.74) is 1.43. The molecule has 128 valence electrons. The van der Waals surface area contributed by atoms with E-state index in [-0.39, 0.29) is 0 Å². The molecule has 2 saturated heterocycles. The van der Waals surface area contributed by atoms with Crippen LogP contribution in [0.5, 0.6) is 0 Å². The fourth-order valence-electron chi connectivity index (χ4n) is 4.11. The lowest BCUT2D eigenvalue weighted by Crippen LogP contribution is -2.50. The molecule has 0 radical (unpaired) electrons. The summed E-state index contributed by atoms with van der Waals surface area (Å²) in [6, 6.07) is 11.9. The molecule has 4 nitrogen and oxygen atoms in total. The van der Waals surface area contributed by atoms with Crippen LogP contribution >= 0.6 is 0 Å². The zero-order valence-corrected chi connectivity index (χ0v) is 14.2. The molecular formula is C19H31N3O. The minimum atomic E-state index is 0.302. The smallest absolute Gasteiger partial charge is 0.0478 e. The van der Waals surface area contributed by atoms with E-state index in [4.69, 9.17) is 0 Å². The number of aliphatic hydroxyl groups is 1. The normalized spacial score (nSPS) is 25.3. The van der Waals surface area contributed by atoms with Crippen LogP contribution in [0.15, 0.2) is 30.3 Å². The molecule has 2 N–H and O–H groups in total. The molecule has 3 rings (SSSR count). The second-order valence-electron chi connectivity index (χ2n) is 6.88. The number of nitrogens with zero attached hydrogens (tertiary/aromatic N) is 2. The molecule has 4 heteroatoms. The van der Waals surface area contributed by atoms with Crippen molar-refractivity contribution in [2.45, 2.75) is 37.8 Å². The van der Waals surface area contributed by atoms with Gasteiger partial charge in [-0.05, 0) is 31.4 Å². The minimum Gasteiger partial charge on any atom is -0.396 e. The quantitative estimate of drug-likeness (QED) is 0.840. The molecule has 23 heavy (non-hydrogen) atoms. The summed E-state index contributed by atoms with van der Waals surface area (Å²) in [5, 5.41) is 12.9. The number of nitrogens with one attached hydrogen (secondary N) is 1. The van der Waals surface area contributed by atoms with Gasteiger partial charge < -0.3 is 10.4 Å². The first-order valence-electron chi connectivity index (χ1n) is 9.23. The van der Waals surface area contributed by atoms with Crippen LogP contribution in [0.25, 0.3) is 0 Å². The first-order chi connectivity index (χ1) is 11.4. The zero-order valence-electron chi connectivity index (χ0n) is 14.2. The maximum Gasteiger partial charge on any atom is 0.0478 e. The van der Waals surface area contributed by atoms with Gasteiger partial charge in [0.2, 0.25) is 0 Å². The number of piperidine rings is 1. The first kappa shape index (κ1) is 16.9. The van der Waals surface area contributed by atoms with E-state index in [9.17, 15) is 5.11 Å². The predicted octanol–water partition coefficient (Wildman–Crippen LogP) is 1.87. The lowest BCUT2D eigenvalue weighted by molar-refractivity contribution is 0.0514. The highest BCUT2D eigenvalue weighted by atomic mass is 16.3. The fraction of sp³-hybridized carbons (Fsp3) is 0.684. The number of piperazine rings is 1. The SMILES string of the molecule is OCCC1CCCCN1C(CN1CCNCC1)c1ccccc1. The maximum absolute atomic E-state index is 9.46. The molecule has 0 aliphatic carbocycles. The van der Waals surface area contributed by atoms with Gasteiger partial charge in [0.1, 0.15) is 0 Å². The van der Waals surface area contributed by atoms with Crippen molar-refractivity contribution in [1.29, 1.82) is 0 Å². The van der Waals surface area contributed by atoms with Gasteiger partial charge in [0.05, 0.1) is 0 Å². The van der Waals surface area contributed by atoms with E-state index in [1.807, 2.05) is 0 Å². The van der Waals surface area contributed by atoms with Gasteiger partial charge in [-0.1, -0.05) is 36.8 Å². The van der Waals surface area contributed by atoms with Crippen LogP contribution in [0, 0.1) is 0 Å². The third kappa shape index (κ3) is 4.54. The summed E-state index contributed by atoms with van der Waals surface area (Å²) in [5.74, 6) is 0. The summed E-state index contributed by atoms with van der Waals surface area (Å²) in [7, 11) is 0. The molecule has 2 unspecified atom stereocenters. The third-order valence-electron chi connectivity index (χ3n) is 5.36. The zero-order chi connectivity index (χ0) is 15.9. The Bertz CT molecular complexity index is 445. The molecule has 2 atom stereocenters. The van der Waals surface area contributed by atoms with Gasteiger partial charge in [0, 0.05) is 51.4 Å². The second-order valence-corrected chi connectivity index (χ2v) is 6.88. The molecule has 0 bridgehead atoms. The van der Waals surface area contributed by atoms with Gasteiger partial charge in [0.25, 0.3) is 0 Å². The average molecular weight is 317 g/mol. The molecule has 2 heterocycles. The van der Waals surface area contributed by atoms with Crippen LogP contribution in [0.4, 0.5) is 0 Å². The van der Waals surface area contributed by atoms with Crippen LogP contribution in [-0.2, 0) is 0 Å². The largest absolute Gasteiger partial charge is 0.396 e. The highest BCUT2D eigenvalue weighted by molar-refractivity contribution is 5.20.